The summed E-state index contributed by atoms with van der Waals surface area (Å²) in [4.78, 5) is 10.4. The van der Waals surface area contributed by atoms with Crippen LogP contribution in [0.15, 0.2) is 0 Å². The highest BCUT2D eigenvalue weighted by atomic mass is 19.3. The molecule has 3 nitrogen and oxygen atoms in total. The Balaban J connectivity index is 3.45. The zero-order chi connectivity index (χ0) is 9.61. The van der Waals surface area contributed by atoms with Crippen molar-refractivity contribution in [3.05, 3.63) is 0 Å². The van der Waals surface area contributed by atoms with Crippen molar-refractivity contribution in [3.63, 3.8) is 0 Å². The molecule has 72 valence electrons. The van der Waals surface area contributed by atoms with E-state index in [1.165, 1.54) is 0 Å². The maximum atomic E-state index is 12.1. The Bertz CT molecular complexity index is 142. The lowest BCUT2D eigenvalue weighted by Gasteiger charge is -2.09. The van der Waals surface area contributed by atoms with Gasteiger partial charge in [-0.15, -0.1) is 0 Å². The van der Waals surface area contributed by atoms with E-state index in [0.29, 0.717) is 13.5 Å². The topological polar surface area (TPSA) is 35.5 Å². The molecule has 0 atom stereocenters. The van der Waals surface area contributed by atoms with Gasteiger partial charge in [0.15, 0.2) is 0 Å². The number of hydrogen-bond donors (Lipinski definition) is 0. The maximum absolute atomic E-state index is 12.1. The molecule has 0 aromatic rings. The number of hydrogen-bond acceptors (Lipinski definition) is 3. The van der Waals surface area contributed by atoms with E-state index in [2.05, 4.69) is 4.74 Å². The Morgan fingerprint density at radius 1 is 1.42 bits per heavy atom. The molecule has 0 saturated carbocycles. The average molecular weight is 182 g/mol. The van der Waals surface area contributed by atoms with Crippen LogP contribution in [0.1, 0.15) is 13.8 Å². The fourth-order valence-electron chi connectivity index (χ4n) is 0.464. The molecular formula is C7H12F2O3. The first kappa shape index (κ1) is 11.3. The zero-order valence-corrected chi connectivity index (χ0v) is 7.10. The molecule has 0 spiro atoms. The summed E-state index contributed by atoms with van der Waals surface area (Å²) >= 11 is 0. The van der Waals surface area contributed by atoms with Crippen LogP contribution in [-0.4, -0.2) is 31.7 Å². The molecule has 0 aliphatic carbocycles. The quantitative estimate of drug-likeness (QED) is 0.473. The summed E-state index contributed by atoms with van der Waals surface area (Å²) in [6.45, 7) is 2.75. The van der Waals surface area contributed by atoms with E-state index in [9.17, 15) is 13.6 Å². The molecule has 0 aliphatic heterocycles. The largest absolute Gasteiger partial charge is 0.459 e. The lowest BCUT2D eigenvalue weighted by Crippen LogP contribution is -2.28. The molecule has 0 heterocycles. The molecule has 0 radical (unpaired) electrons. The second kappa shape index (κ2) is 5.03. The van der Waals surface area contributed by atoms with Gasteiger partial charge < -0.3 is 9.47 Å². The van der Waals surface area contributed by atoms with Crippen LogP contribution in [0.25, 0.3) is 0 Å². The van der Waals surface area contributed by atoms with Gasteiger partial charge in [0, 0.05) is 13.5 Å². The van der Waals surface area contributed by atoms with Crippen molar-refractivity contribution < 1.29 is 23.0 Å². The van der Waals surface area contributed by atoms with E-state index in [-0.39, 0.29) is 13.2 Å². The van der Waals surface area contributed by atoms with E-state index in [1.807, 2.05) is 0 Å². The van der Waals surface area contributed by atoms with Gasteiger partial charge in [0.25, 0.3) is 0 Å². The Kier molecular flexibility index (Phi) is 4.73. The number of carbonyl (C=O) groups excluding carboxylic acids is 1. The van der Waals surface area contributed by atoms with E-state index in [0.717, 1.165) is 0 Å². The molecule has 0 rings (SSSR count). The highest BCUT2D eigenvalue weighted by Gasteiger charge is 2.33. The van der Waals surface area contributed by atoms with Gasteiger partial charge in [0.05, 0.1) is 6.61 Å². The van der Waals surface area contributed by atoms with E-state index >= 15 is 0 Å². The number of esters is 1. The molecule has 0 aliphatic rings. The van der Waals surface area contributed by atoms with Crippen LogP contribution >= 0.6 is 0 Å². The highest BCUT2D eigenvalue weighted by Crippen LogP contribution is 2.12. The molecular weight excluding hydrogens is 170 g/mol. The summed E-state index contributed by atoms with van der Waals surface area (Å²) in [5, 5.41) is 0. The van der Waals surface area contributed by atoms with E-state index < -0.39 is 11.9 Å². The fraction of sp³-hybridized carbons (Fsp3) is 0.857. The van der Waals surface area contributed by atoms with Gasteiger partial charge in [0.1, 0.15) is 6.61 Å². The molecule has 0 fully saturated rings. The molecule has 12 heavy (non-hydrogen) atoms. The molecule has 5 heteroatoms. The molecule has 0 saturated heterocycles. The van der Waals surface area contributed by atoms with Crippen molar-refractivity contribution in [2.45, 2.75) is 19.8 Å². The van der Waals surface area contributed by atoms with Crippen LogP contribution in [-0.2, 0) is 14.3 Å². The maximum Gasteiger partial charge on any atom is 0.376 e. The van der Waals surface area contributed by atoms with Crippen LogP contribution in [0.5, 0.6) is 0 Å². The second-order valence-corrected chi connectivity index (χ2v) is 2.22. The standard InChI is InChI=1S/C7H12F2O3/c1-3-11-4-5-12-6(10)7(2,8)9/h3-5H2,1-2H3. The monoisotopic (exact) mass is 182 g/mol. The van der Waals surface area contributed by atoms with Crippen molar-refractivity contribution in [2.75, 3.05) is 19.8 Å². The molecule has 0 unspecified atom stereocenters. The summed E-state index contributed by atoms with van der Waals surface area (Å²) in [5.41, 5.74) is 0. The average Bonchev–Trinajstić information content (AvgIpc) is 1.96. The lowest BCUT2D eigenvalue weighted by molar-refractivity contribution is -0.170. The number of ether oxygens (including phenoxy) is 2. The summed E-state index contributed by atoms with van der Waals surface area (Å²) in [7, 11) is 0. The Hall–Kier alpha value is -0.710. The molecule has 0 N–H and O–H groups in total. The van der Waals surface area contributed by atoms with Gasteiger partial charge in [-0.25, -0.2) is 4.79 Å². The van der Waals surface area contributed by atoms with E-state index in [4.69, 9.17) is 4.74 Å². The minimum Gasteiger partial charge on any atom is -0.459 e. The van der Waals surface area contributed by atoms with Crippen molar-refractivity contribution in [2.24, 2.45) is 0 Å². The predicted molar refractivity (Wildman–Crippen MR) is 38.1 cm³/mol. The van der Waals surface area contributed by atoms with Crippen molar-refractivity contribution in [3.8, 4) is 0 Å². The molecule has 0 aromatic heterocycles. The van der Waals surface area contributed by atoms with Crippen LogP contribution in [0, 0.1) is 0 Å². The highest BCUT2D eigenvalue weighted by molar-refractivity contribution is 5.76. The van der Waals surface area contributed by atoms with Gasteiger partial charge in [-0.1, -0.05) is 0 Å². The van der Waals surface area contributed by atoms with Gasteiger partial charge in [-0.3, -0.25) is 0 Å². The number of halogens is 2. The summed E-state index contributed by atoms with van der Waals surface area (Å²) in [6, 6.07) is 0. The van der Waals surface area contributed by atoms with Crippen molar-refractivity contribution >= 4 is 5.97 Å². The molecule has 0 bridgehead atoms. The van der Waals surface area contributed by atoms with Gasteiger partial charge in [0.2, 0.25) is 0 Å². The number of rotatable bonds is 5. The lowest BCUT2D eigenvalue weighted by atomic mass is 10.4. The SMILES string of the molecule is CCOCCOC(=O)C(C)(F)F. The van der Waals surface area contributed by atoms with Crippen LogP contribution in [0.2, 0.25) is 0 Å². The van der Waals surface area contributed by atoms with Gasteiger partial charge >= 0.3 is 11.9 Å². The first-order valence-corrected chi connectivity index (χ1v) is 3.61. The van der Waals surface area contributed by atoms with Crippen molar-refractivity contribution in [1.82, 2.24) is 0 Å². The minimum absolute atomic E-state index is 0.129. The normalized spacial score (nSPS) is 11.3. The predicted octanol–water partition coefficient (Wildman–Crippen LogP) is 1.22. The van der Waals surface area contributed by atoms with E-state index in [1.54, 1.807) is 6.92 Å². The Morgan fingerprint density at radius 2 is 2.00 bits per heavy atom. The minimum atomic E-state index is -3.41. The first-order valence-electron chi connectivity index (χ1n) is 3.61. The van der Waals surface area contributed by atoms with Crippen molar-refractivity contribution in [1.29, 1.82) is 0 Å². The van der Waals surface area contributed by atoms with Crippen LogP contribution in [0.3, 0.4) is 0 Å². The first-order chi connectivity index (χ1) is 5.48. The smallest absolute Gasteiger partial charge is 0.376 e. The Morgan fingerprint density at radius 3 is 2.42 bits per heavy atom. The van der Waals surface area contributed by atoms with Crippen LogP contribution < -0.4 is 0 Å². The summed E-state index contributed by atoms with van der Waals surface area (Å²) in [6.07, 6.45) is 0. The number of alkyl halides is 2. The third kappa shape index (κ3) is 5.01. The molecule has 0 amide bonds. The Labute approximate surface area is 69.6 Å². The van der Waals surface area contributed by atoms with Gasteiger partial charge in [-0.05, 0) is 6.92 Å². The summed E-state index contributed by atoms with van der Waals surface area (Å²) < 4.78 is 33.2. The fourth-order valence-corrected chi connectivity index (χ4v) is 0.464. The van der Waals surface area contributed by atoms with Crippen LogP contribution in [0.4, 0.5) is 8.78 Å². The molecule has 0 aromatic carbocycles. The zero-order valence-electron chi connectivity index (χ0n) is 7.10. The third-order valence-electron chi connectivity index (χ3n) is 1.02. The van der Waals surface area contributed by atoms with Gasteiger partial charge in [-0.2, -0.15) is 8.78 Å². The summed E-state index contributed by atoms with van der Waals surface area (Å²) in [5.74, 6) is -4.92. The number of carbonyl (C=O) groups is 1. The third-order valence-corrected chi connectivity index (χ3v) is 1.02. The second-order valence-electron chi connectivity index (χ2n) is 2.22.